The lowest BCUT2D eigenvalue weighted by Gasteiger charge is -2.14. The molecule has 0 aliphatic carbocycles. The molecule has 2 aromatic carbocycles. The molecule has 0 aromatic heterocycles. The number of anilines is 1. The molecule has 2 rings (SSSR count). The van der Waals surface area contributed by atoms with E-state index in [4.69, 9.17) is 15.2 Å². The van der Waals surface area contributed by atoms with Gasteiger partial charge in [0.25, 0.3) is 0 Å². The summed E-state index contributed by atoms with van der Waals surface area (Å²) in [6.45, 7) is 1.99. The van der Waals surface area contributed by atoms with E-state index in [1.165, 1.54) is 0 Å². The first-order valence-electron chi connectivity index (χ1n) is 5.75. The van der Waals surface area contributed by atoms with Crippen LogP contribution in [0, 0.1) is 6.92 Å². The number of rotatable bonds is 3. The highest BCUT2D eigenvalue weighted by Crippen LogP contribution is 2.38. The van der Waals surface area contributed by atoms with Gasteiger partial charge in [0.1, 0.15) is 11.5 Å². The van der Waals surface area contributed by atoms with Crippen molar-refractivity contribution in [3.63, 3.8) is 0 Å². The topological polar surface area (TPSA) is 44.5 Å². The predicted molar refractivity (Wildman–Crippen MR) is 74.1 cm³/mol. The number of benzene rings is 2. The highest BCUT2D eigenvalue weighted by atomic mass is 16.5. The Morgan fingerprint density at radius 2 is 1.56 bits per heavy atom. The van der Waals surface area contributed by atoms with Gasteiger partial charge >= 0.3 is 0 Å². The third-order valence-electron chi connectivity index (χ3n) is 2.99. The average Bonchev–Trinajstić information content (AvgIpc) is 2.41. The average molecular weight is 243 g/mol. The van der Waals surface area contributed by atoms with Crippen LogP contribution < -0.4 is 15.2 Å². The van der Waals surface area contributed by atoms with Crippen LogP contribution in [0.3, 0.4) is 0 Å². The van der Waals surface area contributed by atoms with Gasteiger partial charge in [0.2, 0.25) is 0 Å². The van der Waals surface area contributed by atoms with Crippen molar-refractivity contribution in [3.05, 3.63) is 42.0 Å². The van der Waals surface area contributed by atoms with Crippen LogP contribution in [0.15, 0.2) is 36.4 Å². The fraction of sp³-hybridized carbons (Fsp3) is 0.200. The van der Waals surface area contributed by atoms with Gasteiger partial charge in [-0.1, -0.05) is 12.1 Å². The Bertz CT molecular complexity index is 542. The Morgan fingerprint density at radius 1 is 0.944 bits per heavy atom. The van der Waals surface area contributed by atoms with E-state index in [1.807, 2.05) is 43.3 Å². The van der Waals surface area contributed by atoms with Gasteiger partial charge in [-0.2, -0.15) is 0 Å². The second kappa shape index (κ2) is 5.00. The van der Waals surface area contributed by atoms with Crippen molar-refractivity contribution in [2.45, 2.75) is 6.92 Å². The summed E-state index contributed by atoms with van der Waals surface area (Å²) in [6, 6.07) is 11.7. The second-order valence-corrected chi connectivity index (χ2v) is 4.11. The van der Waals surface area contributed by atoms with Crippen LogP contribution in [-0.2, 0) is 0 Å². The van der Waals surface area contributed by atoms with Gasteiger partial charge in [0.05, 0.1) is 19.8 Å². The predicted octanol–water partition coefficient (Wildman–Crippen LogP) is 3.26. The van der Waals surface area contributed by atoms with E-state index in [0.717, 1.165) is 33.9 Å². The summed E-state index contributed by atoms with van der Waals surface area (Å²) in [5, 5.41) is 0. The first-order valence-corrected chi connectivity index (χ1v) is 5.75. The summed E-state index contributed by atoms with van der Waals surface area (Å²) >= 11 is 0. The minimum atomic E-state index is 0.785. The first-order chi connectivity index (χ1) is 8.67. The van der Waals surface area contributed by atoms with Crippen molar-refractivity contribution < 1.29 is 9.47 Å². The minimum Gasteiger partial charge on any atom is -0.496 e. The molecular formula is C15H17NO2. The van der Waals surface area contributed by atoms with Gasteiger partial charge < -0.3 is 15.2 Å². The first kappa shape index (κ1) is 12.3. The lowest BCUT2D eigenvalue weighted by molar-refractivity contribution is 0.397. The van der Waals surface area contributed by atoms with Crippen LogP contribution >= 0.6 is 0 Å². The van der Waals surface area contributed by atoms with Crippen LogP contribution in [0.5, 0.6) is 11.5 Å². The summed E-state index contributed by atoms with van der Waals surface area (Å²) in [5.41, 5.74) is 9.66. The smallest absolute Gasteiger partial charge is 0.130 e. The SMILES string of the molecule is COc1cccc(OC)c1-c1ccc(N)c(C)c1. The fourth-order valence-electron chi connectivity index (χ4n) is 1.97. The summed E-state index contributed by atoms with van der Waals surface area (Å²) < 4.78 is 10.8. The van der Waals surface area contributed by atoms with Crippen molar-refractivity contribution in [1.82, 2.24) is 0 Å². The number of hydrogen-bond acceptors (Lipinski definition) is 3. The Balaban J connectivity index is 2.64. The van der Waals surface area contributed by atoms with Gasteiger partial charge in [-0.25, -0.2) is 0 Å². The van der Waals surface area contributed by atoms with Crippen molar-refractivity contribution in [3.8, 4) is 22.6 Å². The van der Waals surface area contributed by atoms with Gasteiger partial charge in [-0.15, -0.1) is 0 Å². The van der Waals surface area contributed by atoms with Crippen LogP contribution in [0.4, 0.5) is 5.69 Å². The number of nitrogen functional groups attached to an aromatic ring is 1. The Hall–Kier alpha value is -2.16. The van der Waals surface area contributed by atoms with Gasteiger partial charge in [0.15, 0.2) is 0 Å². The Labute approximate surface area is 107 Å². The molecule has 3 heteroatoms. The molecule has 0 amide bonds. The second-order valence-electron chi connectivity index (χ2n) is 4.11. The molecule has 0 radical (unpaired) electrons. The zero-order valence-electron chi connectivity index (χ0n) is 10.9. The molecule has 0 bridgehead atoms. The van der Waals surface area contributed by atoms with E-state index in [1.54, 1.807) is 14.2 Å². The lowest BCUT2D eigenvalue weighted by atomic mass is 10.0. The Kier molecular flexibility index (Phi) is 3.42. The van der Waals surface area contributed by atoms with E-state index >= 15 is 0 Å². The van der Waals surface area contributed by atoms with E-state index in [9.17, 15) is 0 Å². The van der Waals surface area contributed by atoms with Crippen molar-refractivity contribution in [1.29, 1.82) is 0 Å². The van der Waals surface area contributed by atoms with Crippen LogP contribution in [-0.4, -0.2) is 14.2 Å². The Morgan fingerprint density at radius 3 is 2.06 bits per heavy atom. The molecule has 0 saturated heterocycles. The van der Waals surface area contributed by atoms with E-state index in [2.05, 4.69) is 0 Å². The lowest BCUT2D eigenvalue weighted by Crippen LogP contribution is -1.94. The largest absolute Gasteiger partial charge is 0.496 e. The molecule has 0 atom stereocenters. The number of hydrogen-bond donors (Lipinski definition) is 1. The fourth-order valence-corrected chi connectivity index (χ4v) is 1.97. The maximum Gasteiger partial charge on any atom is 0.130 e. The quantitative estimate of drug-likeness (QED) is 0.841. The highest BCUT2D eigenvalue weighted by Gasteiger charge is 2.12. The van der Waals surface area contributed by atoms with Gasteiger partial charge in [-0.05, 0) is 42.3 Å². The molecule has 0 aliphatic heterocycles. The standard InChI is InChI=1S/C15H17NO2/c1-10-9-11(7-8-12(10)16)15-13(17-2)5-4-6-14(15)18-3/h4-9H,16H2,1-3H3. The van der Waals surface area contributed by atoms with Gasteiger partial charge in [0, 0.05) is 5.69 Å². The maximum atomic E-state index is 5.85. The van der Waals surface area contributed by atoms with Crippen molar-refractivity contribution in [2.24, 2.45) is 0 Å². The number of ether oxygens (including phenoxy) is 2. The number of aryl methyl sites for hydroxylation is 1. The third-order valence-corrected chi connectivity index (χ3v) is 2.99. The molecule has 0 fully saturated rings. The van der Waals surface area contributed by atoms with Crippen molar-refractivity contribution >= 4 is 5.69 Å². The van der Waals surface area contributed by atoms with Crippen molar-refractivity contribution in [2.75, 3.05) is 20.0 Å². The summed E-state index contributed by atoms with van der Waals surface area (Å²) in [7, 11) is 3.31. The minimum absolute atomic E-state index is 0.785. The van der Waals surface area contributed by atoms with Crippen LogP contribution in [0.2, 0.25) is 0 Å². The molecule has 0 heterocycles. The molecular weight excluding hydrogens is 226 g/mol. The number of methoxy groups -OCH3 is 2. The third kappa shape index (κ3) is 2.12. The van der Waals surface area contributed by atoms with E-state index in [-0.39, 0.29) is 0 Å². The van der Waals surface area contributed by atoms with Crippen LogP contribution in [0.25, 0.3) is 11.1 Å². The highest BCUT2D eigenvalue weighted by molar-refractivity contribution is 5.78. The molecule has 0 unspecified atom stereocenters. The van der Waals surface area contributed by atoms with Crippen LogP contribution in [0.1, 0.15) is 5.56 Å². The molecule has 2 N–H and O–H groups in total. The molecule has 0 spiro atoms. The van der Waals surface area contributed by atoms with E-state index < -0.39 is 0 Å². The summed E-state index contributed by atoms with van der Waals surface area (Å²) in [4.78, 5) is 0. The molecule has 0 aliphatic rings. The van der Waals surface area contributed by atoms with E-state index in [0.29, 0.717) is 0 Å². The van der Waals surface area contributed by atoms with Gasteiger partial charge in [-0.3, -0.25) is 0 Å². The maximum absolute atomic E-state index is 5.85. The molecule has 0 saturated carbocycles. The molecule has 2 aromatic rings. The number of nitrogens with two attached hydrogens (primary N) is 1. The zero-order chi connectivity index (χ0) is 13.1. The zero-order valence-corrected chi connectivity index (χ0v) is 10.9. The summed E-state index contributed by atoms with van der Waals surface area (Å²) in [5.74, 6) is 1.58. The molecule has 18 heavy (non-hydrogen) atoms. The normalized spacial score (nSPS) is 10.2. The monoisotopic (exact) mass is 243 g/mol. The molecule has 94 valence electrons. The molecule has 3 nitrogen and oxygen atoms in total. The summed E-state index contributed by atoms with van der Waals surface area (Å²) in [6.07, 6.45) is 0.